The Morgan fingerprint density at radius 1 is 1.20 bits per heavy atom. The molecular formula is C7H11ClO2. The molecule has 0 heterocycles. The van der Waals surface area contributed by atoms with E-state index < -0.39 is 11.3 Å². The van der Waals surface area contributed by atoms with Crippen LogP contribution in [0.4, 0.5) is 0 Å². The van der Waals surface area contributed by atoms with Crippen molar-refractivity contribution in [3.8, 4) is 0 Å². The Balaban J connectivity index is 4.27. The van der Waals surface area contributed by atoms with Gasteiger partial charge >= 0.3 is 0 Å². The third-order valence-corrected chi connectivity index (χ3v) is 1.59. The van der Waals surface area contributed by atoms with Crippen molar-refractivity contribution in [2.24, 2.45) is 5.92 Å². The fraction of sp³-hybridized carbons (Fsp3) is 0.714. The van der Waals surface area contributed by atoms with Crippen LogP contribution >= 0.6 is 11.6 Å². The van der Waals surface area contributed by atoms with E-state index >= 15 is 0 Å². The Hall–Kier alpha value is -0.370. The fourth-order valence-corrected chi connectivity index (χ4v) is 1.29. The van der Waals surface area contributed by atoms with Gasteiger partial charge in [0.25, 0.3) is 0 Å². The van der Waals surface area contributed by atoms with Crippen LogP contribution in [0.15, 0.2) is 0 Å². The minimum Gasteiger partial charge on any atom is -0.299 e. The zero-order valence-electron chi connectivity index (χ0n) is 6.35. The number of hydrogen-bond donors (Lipinski definition) is 0. The minimum atomic E-state index is -0.623. The van der Waals surface area contributed by atoms with Crippen LogP contribution in [0.5, 0.6) is 0 Å². The van der Waals surface area contributed by atoms with Crippen LogP contribution in [0, 0.1) is 5.92 Å². The molecule has 0 fully saturated rings. The van der Waals surface area contributed by atoms with Crippen LogP contribution in [-0.2, 0) is 9.59 Å². The standard InChI is InChI=1S/C7H11ClO2/c1-4(8)7(5(2)9)6(3)10/h4,7H,1-3H3. The first-order valence-electron chi connectivity index (χ1n) is 3.11. The van der Waals surface area contributed by atoms with Crippen LogP contribution in [-0.4, -0.2) is 16.9 Å². The Morgan fingerprint density at radius 2 is 1.50 bits per heavy atom. The molecule has 2 nitrogen and oxygen atoms in total. The summed E-state index contributed by atoms with van der Waals surface area (Å²) in [6.07, 6.45) is 0. The molecule has 10 heavy (non-hydrogen) atoms. The van der Waals surface area contributed by atoms with Gasteiger partial charge in [0, 0.05) is 5.38 Å². The van der Waals surface area contributed by atoms with Gasteiger partial charge in [-0.25, -0.2) is 0 Å². The minimum absolute atomic E-state index is 0.157. The van der Waals surface area contributed by atoms with Crippen LogP contribution in [0.1, 0.15) is 20.8 Å². The quantitative estimate of drug-likeness (QED) is 0.465. The van der Waals surface area contributed by atoms with E-state index in [2.05, 4.69) is 0 Å². The van der Waals surface area contributed by atoms with Crippen molar-refractivity contribution in [3.05, 3.63) is 0 Å². The highest BCUT2D eigenvalue weighted by atomic mass is 35.5. The number of rotatable bonds is 3. The molecule has 3 heteroatoms. The van der Waals surface area contributed by atoms with Crippen molar-refractivity contribution in [2.75, 3.05) is 0 Å². The maximum Gasteiger partial charge on any atom is 0.141 e. The molecule has 0 spiro atoms. The van der Waals surface area contributed by atoms with Gasteiger partial charge < -0.3 is 0 Å². The molecule has 1 unspecified atom stereocenters. The lowest BCUT2D eigenvalue weighted by molar-refractivity contribution is -0.130. The van der Waals surface area contributed by atoms with Crippen molar-refractivity contribution in [1.29, 1.82) is 0 Å². The molecule has 0 aromatic heterocycles. The summed E-state index contributed by atoms with van der Waals surface area (Å²) in [4.78, 5) is 21.4. The molecule has 0 aliphatic rings. The number of halogens is 1. The molecule has 0 amide bonds. The Labute approximate surface area is 65.6 Å². The third kappa shape index (κ3) is 2.48. The molecular weight excluding hydrogens is 152 g/mol. The molecule has 0 aromatic rings. The maximum atomic E-state index is 10.7. The first-order valence-corrected chi connectivity index (χ1v) is 3.55. The lowest BCUT2D eigenvalue weighted by Gasteiger charge is -2.10. The van der Waals surface area contributed by atoms with Crippen LogP contribution in [0.2, 0.25) is 0 Å². The van der Waals surface area contributed by atoms with Gasteiger partial charge in [-0.3, -0.25) is 9.59 Å². The fourth-order valence-electron chi connectivity index (χ4n) is 0.933. The van der Waals surface area contributed by atoms with Gasteiger partial charge in [0.2, 0.25) is 0 Å². The summed E-state index contributed by atoms with van der Waals surface area (Å²) in [5.74, 6) is -0.938. The van der Waals surface area contributed by atoms with E-state index in [4.69, 9.17) is 11.6 Å². The number of ketones is 2. The van der Waals surface area contributed by atoms with Crippen molar-refractivity contribution in [2.45, 2.75) is 26.1 Å². The largest absolute Gasteiger partial charge is 0.299 e. The van der Waals surface area contributed by atoms with Crippen molar-refractivity contribution < 1.29 is 9.59 Å². The van der Waals surface area contributed by atoms with Crippen LogP contribution < -0.4 is 0 Å². The molecule has 0 saturated carbocycles. The average Bonchev–Trinajstić information content (AvgIpc) is 1.59. The third-order valence-electron chi connectivity index (χ3n) is 1.34. The van der Waals surface area contributed by atoms with Gasteiger partial charge in [-0.1, -0.05) is 0 Å². The summed E-state index contributed by atoms with van der Waals surface area (Å²) in [6.45, 7) is 4.41. The number of carbonyl (C=O) groups excluding carboxylic acids is 2. The predicted molar refractivity (Wildman–Crippen MR) is 40.2 cm³/mol. The first-order chi connectivity index (χ1) is 4.46. The van der Waals surface area contributed by atoms with Gasteiger partial charge in [0.15, 0.2) is 0 Å². The average molecular weight is 163 g/mol. The summed E-state index contributed by atoms with van der Waals surface area (Å²) >= 11 is 5.59. The monoisotopic (exact) mass is 162 g/mol. The number of alkyl halides is 1. The molecule has 0 aliphatic heterocycles. The summed E-state index contributed by atoms with van der Waals surface area (Å²) in [7, 11) is 0. The van der Waals surface area contributed by atoms with E-state index in [-0.39, 0.29) is 11.6 Å². The molecule has 0 bridgehead atoms. The first kappa shape index (κ1) is 9.63. The molecule has 0 saturated heterocycles. The highest BCUT2D eigenvalue weighted by Crippen LogP contribution is 2.12. The molecule has 1 atom stereocenters. The zero-order chi connectivity index (χ0) is 8.31. The molecule has 0 aromatic carbocycles. The second kappa shape index (κ2) is 3.71. The predicted octanol–water partition coefficient (Wildman–Crippen LogP) is 1.41. The lowest BCUT2D eigenvalue weighted by atomic mass is 9.98. The van der Waals surface area contributed by atoms with Crippen LogP contribution in [0.25, 0.3) is 0 Å². The zero-order valence-corrected chi connectivity index (χ0v) is 7.11. The van der Waals surface area contributed by atoms with Gasteiger partial charge in [0.1, 0.15) is 11.6 Å². The summed E-state index contributed by atoms with van der Waals surface area (Å²) in [5, 5.41) is -0.394. The Kier molecular flexibility index (Phi) is 3.58. The van der Waals surface area contributed by atoms with E-state index in [1.165, 1.54) is 13.8 Å². The molecule has 0 radical (unpaired) electrons. The van der Waals surface area contributed by atoms with E-state index in [1.807, 2.05) is 0 Å². The van der Waals surface area contributed by atoms with Gasteiger partial charge in [0.05, 0.1) is 5.92 Å². The van der Waals surface area contributed by atoms with Gasteiger partial charge in [-0.2, -0.15) is 0 Å². The number of hydrogen-bond acceptors (Lipinski definition) is 2. The smallest absolute Gasteiger partial charge is 0.141 e. The Bertz CT molecular complexity index is 138. The van der Waals surface area contributed by atoms with Gasteiger partial charge in [-0.15, -0.1) is 11.6 Å². The van der Waals surface area contributed by atoms with Crippen LogP contribution in [0.3, 0.4) is 0 Å². The maximum absolute atomic E-state index is 10.7. The molecule has 58 valence electrons. The molecule has 0 aliphatic carbocycles. The van der Waals surface area contributed by atoms with Crippen molar-refractivity contribution >= 4 is 23.2 Å². The normalized spacial score (nSPS) is 13.3. The highest BCUT2D eigenvalue weighted by Gasteiger charge is 2.24. The van der Waals surface area contributed by atoms with Crippen molar-refractivity contribution in [1.82, 2.24) is 0 Å². The molecule has 0 N–H and O–H groups in total. The van der Waals surface area contributed by atoms with E-state index in [9.17, 15) is 9.59 Å². The number of carbonyl (C=O) groups is 2. The van der Waals surface area contributed by atoms with Gasteiger partial charge in [-0.05, 0) is 20.8 Å². The SMILES string of the molecule is CC(=O)C(C(C)=O)C(C)Cl. The van der Waals surface area contributed by atoms with Crippen molar-refractivity contribution in [3.63, 3.8) is 0 Å². The Morgan fingerprint density at radius 3 is 1.50 bits per heavy atom. The van der Waals surface area contributed by atoms with E-state index in [0.29, 0.717) is 0 Å². The lowest BCUT2D eigenvalue weighted by Crippen LogP contribution is -2.26. The second-order valence-corrected chi connectivity index (χ2v) is 3.06. The van der Waals surface area contributed by atoms with E-state index in [1.54, 1.807) is 6.92 Å². The summed E-state index contributed by atoms with van der Waals surface area (Å²) in [6, 6.07) is 0. The summed E-state index contributed by atoms with van der Waals surface area (Å²) < 4.78 is 0. The topological polar surface area (TPSA) is 34.1 Å². The molecule has 0 rings (SSSR count). The second-order valence-electron chi connectivity index (χ2n) is 2.38. The summed E-state index contributed by atoms with van der Waals surface area (Å²) in [5.41, 5.74) is 0. The van der Waals surface area contributed by atoms with E-state index in [0.717, 1.165) is 0 Å². The number of Topliss-reactive ketones (excluding diaryl/α,β-unsaturated/α-hetero) is 2. The highest BCUT2D eigenvalue weighted by molar-refractivity contribution is 6.24.